The number of H-pyrrole nitrogens is 1. The van der Waals surface area contributed by atoms with E-state index >= 15 is 0 Å². The van der Waals surface area contributed by atoms with E-state index in [1.807, 2.05) is 23.1 Å². The molecule has 2 aliphatic rings. The topological polar surface area (TPSA) is 90.6 Å². The third-order valence-corrected chi connectivity index (χ3v) is 6.48. The molecule has 0 radical (unpaired) electrons. The van der Waals surface area contributed by atoms with Gasteiger partial charge in [-0.25, -0.2) is 4.98 Å². The predicted molar refractivity (Wildman–Crippen MR) is 126 cm³/mol. The number of carbonyl (C=O) groups excluding carboxylic acids is 2. The van der Waals surface area contributed by atoms with Crippen molar-refractivity contribution in [3.63, 3.8) is 0 Å². The molecule has 8 nitrogen and oxygen atoms in total. The molecule has 2 aliphatic heterocycles. The number of hydrogen-bond donors (Lipinski definition) is 2. The minimum absolute atomic E-state index is 0.0247. The van der Waals surface area contributed by atoms with E-state index < -0.39 is 0 Å². The highest BCUT2D eigenvalue weighted by atomic mass is 16.5. The van der Waals surface area contributed by atoms with Crippen LogP contribution in [0.25, 0.3) is 11.0 Å². The first-order valence-electron chi connectivity index (χ1n) is 11.6. The third kappa shape index (κ3) is 5.07. The molecule has 3 heterocycles. The maximum absolute atomic E-state index is 13.2. The molecule has 2 amide bonds. The second-order valence-electron chi connectivity index (χ2n) is 8.84. The number of piperidine rings is 1. The van der Waals surface area contributed by atoms with Crippen molar-refractivity contribution in [2.75, 3.05) is 51.3 Å². The van der Waals surface area contributed by atoms with Gasteiger partial charge in [-0.3, -0.25) is 14.5 Å². The lowest BCUT2D eigenvalue weighted by Gasteiger charge is -2.36. The first-order chi connectivity index (χ1) is 16.2. The Bertz CT molecular complexity index is 1140. The summed E-state index contributed by atoms with van der Waals surface area (Å²) in [5.74, 6) is 0.289. The molecule has 33 heavy (non-hydrogen) atoms. The second kappa shape index (κ2) is 9.72. The van der Waals surface area contributed by atoms with E-state index in [1.54, 1.807) is 30.6 Å². The van der Waals surface area contributed by atoms with Crippen molar-refractivity contribution in [2.45, 2.75) is 12.8 Å². The molecule has 0 spiro atoms. The highest BCUT2D eigenvalue weighted by Gasteiger charge is 2.26. The molecular formula is C25H29N5O3. The van der Waals surface area contributed by atoms with Gasteiger partial charge in [0.05, 0.1) is 30.6 Å². The summed E-state index contributed by atoms with van der Waals surface area (Å²) >= 11 is 0. The zero-order valence-electron chi connectivity index (χ0n) is 18.6. The summed E-state index contributed by atoms with van der Waals surface area (Å²) in [7, 11) is 0. The first kappa shape index (κ1) is 21.6. The van der Waals surface area contributed by atoms with Gasteiger partial charge in [0.2, 0.25) is 0 Å². The molecule has 2 saturated heterocycles. The van der Waals surface area contributed by atoms with Gasteiger partial charge in [-0.15, -0.1) is 0 Å². The number of benzene rings is 2. The van der Waals surface area contributed by atoms with Gasteiger partial charge in [-0.05, 0) is 55.2 Å². The summed E-state index contributed by atoms with van der Waals surface area (Å²) in [5, 5.41) is 2.91. The Hall–Kier alpha value is -3.23. The van der Waals surface area contributed by atoms with Crippen LogP contribution in [-0.2, 0) is 4.74 Å². The predicted octanol–water partition coefficient (Wildman–Crippen LogP) is 3.00. The molecule has 1 aromatic heterocycles. The fraction of sp³-hybridized carbons (Fsp3) is 0.400. The summed E-state index contributed by atoms with van der Waals surface area (Å²) < 4.78 is 5.45. The molecule has 0 aliphatic carbocycles. The fourth-order valence-corrected chi connectivity index (χ4v) is 4.74. The highest BCUT2D eigenvalue weighted by molar-refractivity contribution is 6.06. The van der Waals surface area contributed by atoms with Crippen LogP contribution in [0.3, 0.4) is 0 Å². The first-order valence-corrected chi connectivity index (χ1v) is 11.6. The Labute approximate surface area is 192 Å². The molecule has 8 heteroatoms. The van der Waals surface area contributed by atoms with Gasteiger partial charge in [0.1, 0.15) is 0 Å². The molecule has 0 saturated carbocycles. The van der Waals surface area contributed by atoms with Crippen LogP contribution in [-0.4, -0.2) is 77.5 Å². The van der Waals surface area contributed by atoms with Gasteiger partial charge in [-0.2, -0.15) is 0 Å². The maximum atomic E-state index is 13.2. The fourth-order valence-electron chi connectivity index (χ4n) is 4.74. The largest absolute Gasteiger partial charge is 0.379 e. The number of likely N-dealkylation sites (tertiary alicyclic amines) is 1. The lowest BCUT2D eigenvalue weighted by Crippen LogP contribution is -2.46. The zero-order chi connectivity index (χ0) is 22.6. The number of aromatic amines is 1. The Balaban J connectivity index is 1.23. The number of nitrogens with zero attached hydrogens (tertiary/aromatic N) is 3. The van der Waals surface area contributed by atoms with Gasteiger partial charge >= 0.3 is 0 Å². The Morgan fingerprint density at radius 1 is 1.09 bits per heavy atom. The number of fused-ring (bicyclic) bond motifs is 1. The number of hydrogen-bond acceptors (Lipinski definition) is 5. The van der Waals surface area contributed by atoms with Crippen LogP contribution < -0.4 is 5.32 Å². The molecule has 0 unspecified atom stereocenters. The summed E-state index contributed by atoms with van der Waals surface area (Å²) in [6.45, 7) is 6.10. The van der Waals surface area contributed by atoms with Crippen molar-refractivity contribution >= 4 is 28.5 Å². The van der Waals surface area contributed by atoms with E-state index in [0.29, 0.717) is 22.7 Å². The highest BCUT2D eigenvalue weighted by Crippen LogP contribution is 2.22. The second-order valence-corrected chi connectivity index (χ2v) is 8.84. The van der Waals surface area contributed by atoms with Crippen LogP contribution in [0.4, 0.5) is 5.69 Å². The molecule has 0 bridgehead atoms. The number of aromatic nitrogens is 2. The lowest BCUT2D eigenvalue weighted by atomic mass is 9.96. The van der Waals surface area contributed by atoms with Crippen molar-refractivity contribution in [1.29, 1.82) is 0 Å². The minimum Gasteiger partial charge on any atom is -0.379 e. The number of ether oxygens (including phenoxy) is 1. The van der Waals surface area contributed by atoms with E-state index in [0.717, 1.165) is 69.8 Å². The summed E-state index contributed by atoms with van der Waals surface area (Å²) in [6, 6.07) is 12.5. The molecule has 2 fully saturated rings. The maximum Gasteiger partial charge on any atom is 0.255 e. The zero-order valence-corrected chi connectivity index (χ0v) is 18.6. The summed E-state index contributed by atoms with van der Waals surface area (Å²) in [6.07, 6.45) is 3.78. The van der Waals surface area contributed by atoms with E-state index in [4.69, 9.17) is 4.74 Å². The lowest BCUT2D eigenvalue weighted by molar-refractivity contribution is 0.0224. The normalized spacial score (nSPS) is 19.5. The number of morpholine rings is 1. The molecular weight excluding hydrogens is 418 g/mol. The minimum atomic E-state index is -0.223. The average Bonchev–Trinajstić information content (AvgIpc) is 3.32. The smallest absolute Gasteiger partial charge is 0.255 e. The third-order valence-electron chi connectivity index (χ3n) is 6.48. The van der Waals surface area contributed by atoms with Crippen LogP contribution >= 0.6 is 0 Å². The number of anilines is 1. The van der Waals surface area contributed by atoms with Crippen LogP contribution in [0.5, 0.6) is 0 Å². The molecule has 2 aromatic carbocycles. The van der Waals surface area contributed by atoms with E-state index in [1.165, 1.54) is 0 Å². The van der Waals surface area contributed by atoms with Gasteiger partial charge in [0.25, 0.3) is 11.8 Å². The van der Waals surface area contributed by atoms with Crippen molar-refractivity contribution in [3.05, 3.63) is 59.9 Å². The molecule has 1 atom stereocenters. The summed E-state index contributed by atoms with van der Waals surface area (Å²) in [4.78, 5) is 37.6. The number of rotatable bonds is 5. The van der Waals surface area contributed by atoms with Crippen molar-refractivity contribution < 1.29 is 14.3 Å². The van der Waals surface area contributed by atoms with Gasteiger partial charge in [0.15, 0.2) is 0 Å². The van der Waals surface area contributed by atoms with Gasteiger partial charge < -0.3 is 19.9 Å². The summed E-state index contributed by atoms with van der Waals surface area (Å²) in [5.41, 5.74) is 3.36. The number of nitrogens with one attached hydrogen (secondary N) is 2. The SMILES string of the molecule is O=C(Nc1cccc(C(=O)N2CCC[C@@H](CN3CCOCC3)C2)c1)c1ccc2nc[nH]c2c1. The molecule has 2 N–H and O–H groups in total. The van der Waals surface area contributed by atoms with Gasteiger partial charge in [0, 0.05) is 49.5 Å². The number of imidazole rings is 1. The van der Waals surface area contributed by atoms with E-state index in [2.05, 4.69) is 20.2 Å². The Kier molecular flexibility index (Phi) is 6.37. The molecule has 3 aromatic rings. The Morgan fingerprint density at radius 3 is 2.85 bits per heavy atom. The monoisotopic (exact) mass is 447 g/mol. The van der Waals surface area contributed by atoms with Gasteiger partial charge in [-0.1, -0.05) is 6.07 Å². The number of carbonyl (C=O) groups is 2. The standard InChI is InChI=1S/C25H29N5O3/c31-24(19-6-7-22-23(14-19)27-17-26-22)28-21-5-1-4-20(13-21)25(32)30-8-2-3-18(16-30)15-29-9-11-33-12-10-29/h1,4-7,13-14,17-18H,2-3,8-12,15-16H2,(H,26,27)(H,28,31)/t18-/m0/s1. The molecule has 5 rings (SSSR count). The van der Waals surface area contributed by atoms with Crippen molar-refractivity contribution in [2.24, 2.45) is 5.92 Å². The van der Waals surface area contributed by atoms with E-state index in [-0.39, 0.29) is 11.8 Å². The average molecular weight is 448 g/mol. The molecule has 172 valence electrons. The van der Waals surface area contributed by atoms with Crippen molar-refractivity contribution in [1.82, 2.24) is 19.8 Å². The van der Waals surface area contributed by atoms with Crippen LogP contribution in [0.1, 0.15) is 33.6 Å². The Morgan fingerprint density at radius 2 is 1.97 bits per heavy atom. The van der Waals surface area contributed by atoms with Crippen LogP contribution in [0.15, 0.2) is 48.8 Å². The van der Waals surface area contributed by atoms with Crippen molar-refractivity contribution in [3.8, 4) is 0 Å². The number of amides is 2. The van der Waals surface area contributed by atoms with Crippen LogP contribution in [0, 0.1) is 5.92 Å². The van der Waals surface area contributed by atoms with E-state index in [9.17, 15) is 9.59 Å². The quantitative estimate of drug-likeness (QED) is 0.628. The van der Waals surface area contributed by atoms with Crippen LogP contribution in [0.2, 0.25) is 0 Å².